The fraction of sp³-hybridized carbons (Fsp3) is 0.333. The molecule has 156 valence electrons. The second-order valence-electron chi connectivity index (χ2n) is 7.09. The summed E-state index contributed by atoms with van der Waals surface area (Å²) in [6, 6.07) is 9.46. The Labute approximate surface area is 179 Å². The monoisotopic (exact) mass is 424 g/mol. The van der Waals surface area contributed by atoms with E-state index in [0.29, 0.717) is 24.0 Å². The molecular formula is C21H24N6O2S. The van der Waals surface area contributed by atoms with Crippen LogP contribution in [-0.2, 0) is 4.74 Å². The molecule has 0 spiro atoms. The topological polar surface area (TPSA) is 92.3 Å². The number of morpholine rings is 1. The van der Waals surface area contributed by atoms with E-state index in [1.54, 1.807) is 0 Å². The molecule has 2 N–H and O–H groups in total. The minimum Gasteiger partial charge on any atom is -0.378 e. The molecule has 0 atom stereocenters. The first kappa shape index (κ1) is 20.2. The van der Waals surface area contributed by atoms with Crippen LogP contribution in [0.3, 0.4) is 0 Å². The molecule has 2 aromatic heterocycles. The van der Waals surface area contributed by atoms with E-state index in [-0.39, 0.29) is 5.91 Å². The predicted molar refractivity (Wildman–Crippen MR) is 119 cm³/mol. The normalized spacial score (nSPS) is 13.9. The minimum absolute atomic E-state index is 0.143. The van der Waals surface area contributed by atoms with Crippen molar-refractivity contribution in [3.8, 4) is 0 Å². The molecule has 0 bridgehead atoms. The van der Waals surface area contributed by atoms with E-state index in [1.165, 1.54) is 11.3 Å². The van der Waals surface area contributed by atoms with Crippen molar-refractivity contribution in [2.75, 3.05) is 41.8 Å². The van der Waals surface area contributed by atoms with Gasteiger partial charge in [0.15, 0.2) is 0 Å². The second kappa shape index (κ2) is 8.76. The first-order valence-electron chi connectivity index (χ1n) is 9.79. The van der Waals surface area contributed by atoms with E-state index in [0.717, 1.165) is 46.7 Å². The number of anilines is 4. The number of amides is 1. The third kappa shape index (κ3) is 4.74. The lowest BCUT2D eigenvalue weighted by molar-refractivity contribution is 0.103. The molecule has 1 aromatic carbocycles. The van der Waals surface area contributed by atoms with Crippen molar-refractivity contribution in [3.05, 3.63) is 51.6 Å². The van der Waals surface area contributed by atoms with Gasteiger partial charge < -0.3 is 20.3 Å². The smallest absolute Gasteiger partial charge is 0.267 e. The van der Waals surface area contributed by atoms with Gasteiger partial charge in [-0.3, -0.25) is 4.79 Å². The van der Waals surface area contributed by atoms with Crippen molar-refractivity contribution >= 4 is 40.4 Å². The highest BCUT2D eigenvalue weighted by atomic mass is 32.1. The van der Waals surface area contributed by atoms with Gasteiger partial charge in [-0.05, 0) is 45.0 Å². The SMILES string of the molecule is Cc1cc(N2CCOCC2)nc(Nc2ccc(NC(=O)c3sc(C)nc3C)cc2)n1. The number of benzene rings is 1. The van der Waals surface area contributed by atoms with Crippen molar-refractivity contribution in [2.24, 2.45) is 0 Å². The third-order valence-electron chi connectivity index (χ3n) is 4.68. The lowest BCUT2D eigenvalue weighted by Crippen LogP contribution is -2.36. The second-order valence-corrected chi connectivity index (χ2v) is 8.30. The molecule has 1 saturated heterocycles. The van der Waals surface area contributed by atoms with Gasteiger partial charge in [0.25, 0.3) is 5.91 Å². The quantitative estimate of drug-likeness (QED) is 0.645. The molecule has 0 saturated carbocycles. The Morgan fingerprint density at radius 2 is 1.73 bits per heavy atom. The maximum Gasteiger partial charge on any atom is 0.267 e. The molecule has 0 unspecified atom stereocenters. The van der Waals surface area contributed by atoms with E-state index in [9.17, 15) is 4.79 Å². The zero-order valence-electron chi connectivity index (χ0n) is 17.2. The highest BCUT2D eigenvalue weighted by Crippen LogP contribution is 2.22. The first-order chi connectivity index (χ1) is 14.5. The van der Waals surface area contributed by atoms with E-state index >= 15 is 0 Å². The van der Waals surface area contributed by atoms with Crippen LogP contribution in [0.5, 0.6) is 0 Å². The van der Waals surface area contributed by atoms with Crippen LogP contribution in [-0.4, -0.2) is 47.2 Å². The summed E-state index contributed by atoms with van der Waals surface area (Å²) in [7, 11) is 0. The van der Waals surface area contributed by atoms with E-state index < -0.39 is 0 Å². The van der Waals surface area contributed by atoms with Crippen LogP contribution in [0, 0.1) is 20.8 Å². The van der Waals surface area contributed by atoms with Crippen LogP contribution >= 0.6 is 11.3 Å². The fourth-order valence-corrected chi connectivity index (χ4v) is 4.07. The molecule has 9 heteroatoms. The van der Waals surface area contributed by atoms with Crippen molar-refractivity contribution in [1.29, 1.82) is 0 Å². The van der Waals surface area contributed by atoms with Crippen LogP contribution < -0.4 is 15.5 Å². The first-order valence-corrected chi connectivity index (χ1v) is 10.6. The molecule has 0 radical (unpaired) electrons. The van der Waals surface area contributed by atoms with E-state index in [2.05, 4.69) is 30.5 Å². The number of aromatic nitrogens is 3. The van der Waals surface area contributed by atoms with Gasteiger partial charge in [-0.25, -0.2) is 9.97 Å². The van der Waals surface area contributed by atoms with Gasteiger partial charge in [0.1, 0.15) is 10.7 Å². The Morgan fingerprint density at radius 1 is 1.03 bits per heavy atom. The van der Waals surface area contributed by atoms with Crippen LogP contribution in [0.4, 0.5) is 23.1 Å². The van der Waals surface area contributed by atoms with Gasteiger partial charge in [0, 0.05) is 36.2 Å². The lowest BCUT2D eigenvalue weighted by atomic mass is 10.2. The summed E-state index contributed by atoms with van der Waals surface area (Å²) in [6.07, 6.45) is 0. The van der Waals surface area contributed by atoms with Crippen LogP contribution in [0.2, 0.25) is 0 Å². The summed E-state index contributed by atoms with van der Waals surface area (Å²) >= 11 is 1.40. The highest BCUT2D eigenvalue weighted by Gasteiger charge is 2.15. The largest absolute Gasteiger partial charge is 0.378 e. The summed E-state index contributed by atoms with van der Waals surface area (Å²) in [5.74, 6) is 1.30. The Kier molecular flexibility index (Phi) is 5.91. The molecule has 1 aliphatic heterocycles. The zero-order chi connectivity index (χ0) is 21.1. The highest BCUT2D eigenvalue weighted by molar-refractivity contribution is 7.13. The summed E-state index contributed by atoms with van der Waals surface area (Å²) in [5.41, 5.74) is 3.21. The summed E-state index contributed by atoms with van der Waals surface area (Å²) in [6.45, 7) is 8.76. The molecule has 1 fully saturated rings. The van der Waals surface area contributed by atoms with Crippen molar-refractivity contribution in [1.82, 2.24) is 15.0 Å². The number of nitrogens with one attached hydrogen (secondary N) is 2. The molecule has 3 aromatic rings. The Bertz CT molecular complexity index is 1040. The predicted octanol–water partition coefficient (Wildman–Crippen LogP) is 3.69. The fourth-order valence-electron chi connectivity index (χ4n) is 3.26. The van der Waals surface area contributed by atoms with Gasteiger partial charge in [-0.1, -0.05) is 0 Å². The van der Waals surface area contributed by atoms with Crippen LogP contribution in [0.25, 0.3) is 0 Å². The molecule has 4 rings (SSSR count). The summed E-state index contributed by atoms with van der Waals surface area (Å²) < 4.78 is 5.42. The van der Waals surface area contributed by atoms with Crippen molar-refractivity contribution in [3.63, 3.8) is 0 Å². The van der Waals surface area contributed by atoms with Gasteiger partial charge in [-0.2, -0.15) is 4.98 Å². The zero-order valence-corrected chi connectivity index (χ0v) is 18.0. The number of carbonyl (C=O) groups excluding carboxylic acids is 1. The number of hydrogen-bond acceptors (Lipinski definition) is 8. The number of ether oxygens (including phenoxy) is 1. The summed E-state index contributed by atoms with van der Waals surface area (Å²) in [5, 5.41) is 7.05. The van der Waals surface area contributed by atoms with Gasteiger partial charge in [0.05, 0.1) is 23.9 Å². The Balaban J connectivity index is 1.44. The molecule has 0 aliphatic carbocycles. The third-order valence-corrected chi connectivity index (χ3v) is 5.76. The van der Waals surface area contributed by atoms with Crippen molar-refractivity contribution in [2.45, 2.75) is 20.8 Å². The molecule has 1 aliphatic rings. The number of carbonyl (C=O) groups is 1. The maximum atomic E-state index is 12.5. The van der Waals surface area contributed by atoms with Gasteiger partial charge in [0.2, 0.25) is 5.95 Å². The lowest BCUT2D eigenvalue weighted by Gasteiger charge is -2.28. The average molecular weight is 425 g/mol. The van der Waals surface area contributed by atoms with Crippen molar-refractivity contribution < 1.29 is 9.53 Å². The molecule has 3 heterocycles. The van der Waals surface area contributed by atoms with Crippen LogP contribution in [0.15, 0.2) is 30.3 Å². The number of thiazole rings is 1. The van der Waals surface area contributed by atoms with Gasteiger partial charge >= 0.3 is 0 Å². The standard InChI is InChI=1S/C21H24N6O2S/c1-13-12-18(27-8-10-29-11-9-27)26-21(22-13)25-17-6-4-16(5-7-17)24-20(28)19-14(2)23-15(3)30-19/h4-7,12H,8-11H2,1-3H3,(H,24,28)(H,22,25,26). The average Bonchev–Trinajstić information content (AvgIpc) is 3.08. The van der Waals surface area contributed by atoms with Crippen LogP contribution in [0.1, 0.15) is 26.1 Å². The Morgan fingerprint density at radius 3 is 2.40 bits per heavy atom. The molecule has 30 heavy (non-hydrogen) atoms. The van der Waals surface area contributed by atoms with Gasteiger partial charge in [-0.15, -0.1) is 11.3 Å². The maximum absolute atomic E-state index is 12.5. The van der Waals surface area contributed by atoms with E-state index in [4.69, 9.17) is 4.74 Å². The number of aryl methyl sites for hydroxylation is 3. The number of hydrogen-bond donors (Lipinski definition) is 2. The minimum atomic E-state index is -0.143. The van der Waals surface area contributed by atoms with E-state index in [1.807, 2.05) is 51.1 Å². The molecular weight excluding hydrogens is 400 g/mol. The molecule has 1 amide bonds. The Hall–Kier alpha value is -3.04. The summed E-state index contributed by atoms with van der Waals surface area (Å²) in [4.78, 5) is 28.7. The number of rotatable bonds is 5. The molecule has 8 nitrogen and oxygen atoms in total. The number of nitrogens with zero attached hydrogens (tertiary/aromatic N) is 4.